The van der Waals surface area contributed by atoms with Crippen LogP contribution in [0.5, 0.6) is 11.5 Å². The third-order valence-corrected chi connectivity index (χ3v) is 6.90. The van der Waals surface area contributed by atoms with Crippen LogP contribution < -0.4 is 15.5 Å². The summed E-state index contributed by atoms with van der Waals surface area (Å²) in [5.41, 5.74) is 1.47. The van der Waals surface area contributed by atoms with Gasteiger partial charge in [-0.3, -0.25) is 10.0 Å². The van der Waals surface area contributed by atoms with E-state index in [1.807, 2.05) is 0 Å². The first-order valence-electron chi connectivity index (χ1n) is 9.22. The van der Waals surface area contributed by atoms with Gasteiger partial charge in [-0.15, -0.1) is 0 Å². The van der Waals surface area contributed by atoms with Crippen molar-refractivity contribution >= 4 is 33.6 Å². The fourth-order valence-corrected chi connectivity index (χ4v) is 4.83. The number of piperazine rings is 1. The van der Waals surface area contributed by atoms with Gasteiger partial charge in [0.15, 0.2) is 0 Å². The second-order valence-electron chi connectivity index (χ2n) is 6.64. The number of benzene rings is 2. The average molecular weight is 469 g/mol. The van der Waals surface area contributed by atoms with E-state index in [0.29, 0.717) is 16.5 Å². The van der Waals surface area contributed by atoms with Gasteiger partial charge in [-0.1, -0.05) is 11.6 Å². The SMILES string of the molecule is CNC(=O)N1CCN(S(=O)(=O)c2ccc(Oc3ccc(Cl)cc3)cc2)[C@@H](C(=O)NO)C1. The number of carbonyl (C=O) groups is 2. The van der Waals surface area contributed by atoms with Gasteiger partial charge < -0.3 is 15.0 Å². The minimum Gasteiger partial charge on any atom is -0.457 e. The number of ether oxygens (including phenoxy) is 1. The number of nitrogens with zero attached hydrogens (tertiary/aromatic N) is 2. The van der Waals surface area contributed by atoms with Crippen molar-refractivity contribution in [1.82, 2.24) is 20.0 Å². The summed E-state index contributed by atoms with van der Waals surface area (Å²) in [6.07, 6.45) is 0. The Hall–Kier alpha value is -2.86. The highest BCUT2D eigenvalue weighted by Gasteiger charge is 2.41. The lowest BCUT2D eigenvalue weighted by molar-refractivity contribution is -0.134. The van der Waals surface area contributed by atoms with Crippen molar-refractivity contribution in [3.05, 3.63) is 53.6 Å². The lowest BCUT2D eigenvalue weighted by atomic mass is 10.2. The Morgan fingerprint density at radius 1 is 1.06 bits per heavy atom. The number of urea groups is 1. The molecule has 2 aromatic rings. The Balaban J connectivity index is 1.81. The van der Waals surface area contributed by atoms with Crippen LogP contribution in [-0.4, -0.2) is 67.5 Å². The normalized spacial score (nSPS) is 17.1. The molecular weight excluding hydrogens is 448 g/mol. The van der Waals surface area contributed by atoms with Crippen LogP contribution in [0.2, 0.25) is 5.02 Å². The molecule has 1 fully saturated rings. The lowest BCUT2D eigenvalue weighted by Gasteiger charge is -2.38. The summed E-state index contributed by atoms with van der Waals surface area (Å²) >= 11 is 5.84. The molecule has 0 unspecified atom stereocenters. The fourth-order valence-electron chi connectivity index (χ4n) is 3.14. The van der Waals surface area contributed by atoms with E-state index in [1.165, 1.54) is 41.7 Å². The molecule has 0 saturated carbocycles. The Kier molecular flexibility index (Phi) is 7.01. The van der Waals surface area contributed by atoms with E-state index < -0.39 is 28.0 Å². The average Bonchev–Trinajstić information content (AvgIpc) is 2.79. The van der Waals surface area contributed by atoms with E-state index in [2.05, 4.69) is 5.32 Å². The number of hydrogen-bond acceptors (Lipinski definition) is 6. The minimum absolute atomic E-state index is 0.0555. The van der Waals surface area contributed by atoms with Gasteiger partial charge >= 0.3 is 6.03 Å². The number of amides is 3. The molecule has 2 aromatic carbocycles. The van der Waals surface area contributed by atoms with Gasteiger partial charge in [0.05, 0.1) is 4.90 Å². The van der Waals surface area contributed by atoms with Crippen molar-refractivity contribution in [2.24, 2.45) is 0 Å². The van der Waals surface area contributed by atoms with E-state index in [0.717, 1.165) is 4.31 Å². The number of halogens is 1. The molecule has 12 heteroatoms. The molecule has 0 radical (unpaired) electrons. The molecule has 3 N–H and O–H groups in total. The first kappa shape index (κ1) is 22.8. The predicted molar refractivity (Wildman–Crippen MR) is 112 cm³/mol. The van der Waals surface area contributed by atoms with Gasteiger partial charge in [0.25, 0.3) is 5.91 Å². The second kappa shape index (κ2) is 9.52. The van der Waals surface area contributed by atoms with Crippen molar-refractivity contribution in [3.8, 4) is 11.5 Å². The number of rotatable bonds is 5. The van der Waals surface area contributed by atoms with Gasteiger partial charge in [0, 0.05) is 31.7 Å². The van der Waals surface area contributed by atoms with Gasteiger partial charge in [0.1, 0.15) is 17.5 Å². The largest absolute Gasteiger partial charge is 0.457 e. The summed E-state index contributed by atoms with van der Waals surface area (Å²) in [6, 6.07) is 10.7. The molecule has 166 valence electrons. The molecule has 10 nitrogen and oxygen atoms in total. The van der Waals surface area contributed by atoms with Crippen molar-refractivity contribution in [1.29, 1.82) is 0 Å². The highest BCUT2D eigenvalue weighted by atomic mass is 35.5. The Morgan fingerprint density at radius 3 is 2.19 bits per heavy atom. The van der Waals surface area contributed by atoms with E-state index in [4.69, 9.17) is 21.5 Å². The summed E-state index contributed by atoms with van der Waals surface area (Å²) in [6.45, 7) is -0.230. The van der Waals surface area contributed by atoms with Crippen LogP contribution in [0.3, 0.4) is 0 Å². The maximum atomic E-state index is 13.2. The molecule has 0 aromatic heterocycles. The highest BCUT2D eigenvalue weighted by molar-refractivity contribution is 7.89. The topological polar surface area (TPSA) is 128 Å². The van der Waals surface area contributed by atoms with Crippen LogP contribution in [0.25, 0.3) is 0 Å². The minimum atomic E-state index is -4.09. The zero-order chi connectivity index (χ0) is 22.6. The zero-order valence-electron chi connectivity index (χ0n) is 16.5. The predicted octanol–water partition coefficient (Wildman–Crippen LogP) is 1.65. The molecule has 1 atom stereocenters. The number of hydroxylamine groups is 1. The molecule has 3 amide bonds. The molecule has 0 bridgehead atoms. The fraction of sp³-hybridized carbons (Fsp3) is 0.263. The third-order valence-electron chi connectivity index (χ3n) is 4.72. The highest BCUT2D eigenvalue weighted by Crippen LogP contribution is 2.27. The van der Waals surface area contributed by atoms with Crippen LogP contribution >= 0.6 is 11.6 Å². The Bertz CT molecular complexity index is 1050. The summed E-state index contributed by atoms with van der Waals surface area (Å²) in [5, 5.41) is 12.0. The first-order chi connectivity index (χ1) is 14.8. The van der Waals surface area contributed by atoms with E-state index >= 15 is 0 Å². The Morgan fingerprint density at radius 2 is 1.65 bits per heavy atom. The van der Waals surface area contributed by atoms with Gasteiger partial charge in [-0.2, -0.15) is 4.31 Å². The molecular formula is C19H21ClN4O6S. The zero-order valence-corrected chi connectivity index (χ0v) is 18.1. The standard InChI is InChI=1S/C19H21ClN4O6S/c1-21-19(26)23-10-11-24(17(12-23)18(25)22-27)31(28,29)16-8-6-15(7-9-16)30-14-4-2-13(20)3-5-14/h2-9,17,27H,10-12H2,1H3,(H,21,26)(H,22,25)/t17-/m1/s1. The number of hydrogen-bond donors (Lipinski definition) is 3. The lowest BCUT2D eigenvalue weighted by Crippen LogP contribution is -2.62. The van der Waals surface area contributed by atoms with Crippen LogP contribution in [-0.2, 0) is 14.8 Å². The first-order valence-corrected chi connectivity index (χ1v) is 11.0. The second-order valence-corrected chi connectivity index (χ2v) is 8.96. The molecule has 3 rings (SSSR count). The molecule has 31 heavy (non-hydrogen) atoms. The maximum Gasteiger partial charge on any atom is 0.317 e. The quantitative estimate of drug-likeness (QED) is 0.452. The van der Waals surface area contributed by atoms with Crippen LogP contribution in [0, 0.1) is 0 Å². The van der Waals surface area contributed by atoms with Crippen molar-refractivity contribution in [2.45, 2.75) is 10.9 Å². The van der Waals surface area contributed by atoms with Gasteiger partial charge in [-0.25, -0.2) is 18.7 Å². The summed E-state index contributed by atoms with van der Waals surface area (Å²) < 4.78 is 32.9. The van der Waals surface area contributed by atoms with E-state index in [9.17, 15) is 18.0 Å². The summed E-state index contributed by atoms with van der Waals surface area (Å²) in [4.78, 5) is 25.3. The molecule has 0 aliphatic carbocycles. The number of carbonyl (C=O) groups excluding carboxylic acids is 2. The van der Waals surface area contributed by atoms with E-state index in [-0.39, 0.29) is 24.5 Å². The number of sulfonamides is 1. The number of nitrogens with one attached hydrogen (secondary N) is 2. The van der Waals surface area contributed by atoms with Crippen LogP contribution in [0.1, 0.15) is 0 Å². The monoisotopic (exact) mass is 468 g/mol. The smallest absolute Gasteiger partial charge is 0.317 e. The molecule has 1 saturated heterocycles. The summed E-state index contributed by atoms with van der Waals surface area (Å²) in [5.74, 6) is 0.0141. The van der Waals surface area contributed by atoms with Gasteiger partial charge in [-0.05, 0) is 48.5 Å². The Labute approximate surface area is 184 Å². The molecule has 1 heterocycles. The van der Waals surface area contributed by atoms with Crippen molar-refractivity contribution in [2.75, 3.05) is 26.7 Å². The van der Waals surface area contributed by atoms with Crippen LogP contribution in [0.15, 0.2) is 53.4 Å². The van der Waals surface area contributed by atoms with Gasteiger partial charge in [0.2, 0.25) is 10.0 Å². The molecule has 1 aliphatic heterocycles. The molecule has 1 aliphatic rings. The third kappa shape index (κ3) is 5.07. The van der Waals surface area contributed by atoms with Crippen molar-refractivity contribution < 1.29 is 28.0 Å². The van der Waals surface area contributed by atoms with E-state index in [1.54, 1.807) is 24.3 Å². The van der Waals surface area contributed by atoms with Crippen molar-refractivity contribution in [3.63, 3.8) is 0 Å². The summed E-state index contributed by atoms with van der Waals surface area (Å²) in [7, 11) is -2.66. The van der Waals surface area contributed by atoms with Crippen LogP contribution in [0.4, 0.5) is 4.79 Å². The molecule has 0 spiro atoms. The maximum absolute atomic E-state index is 13.2.